The van der Waals surface area contributed by atoms with Gasteiger partial charge in [0.25, 0.3) is 0 Å². The van der Waals surface area contributed by atoms with Gasteiger partial charge in [0, 0.05) is 22.9 Å². The summed E-state index contributed by atoms with van der Waals surface area (Å²) in [6, 6.07) is 47.8. The van der Waals surface area contributed by atoms with Gasteiger partial charge in [0.15, 0.2) is 5.76 Å². The van der Waals surface area contributed by atoms with Crippen molar-refractivity contribution in [1.82, 2.24) is 0 Å². The number of furan rings is 1. The van der Waals surface area contributed by atoms with Crippen LogP contribution in [0.2, 0.25) is 0 Å². The van der Waals surface area contributed by atoms with Gasteiger partial charge < -0.3 is 9.32 Å². The van der Waals surface area contributed by atoms with Crippen molar-refractivity contribution >= 4 is 38.6 Å². The predicted molar refractivity (Wildman–Crippen MR) is 158 cm³/mol. The highest BCUT2D eigenvalue weighted by Gasteiger charge is 2.28. The molecule has 2 nitrogen and oxygen atoms in total. The molecule has 0 saturated carbocycles. The lowest BCUT2D eigenvalue weighted by atomic mass is 9.96. The third kappa shape index (κ3) is 3.14. The van der Waals surface area contributed by atoms with Crippen molar-refractivity contribution in [3.63, 3.8) is 0 Å². The van der Waals surface area contributed by atoms with Crippen LogP contribution in [-0.4, -0.2) is 0 Å². The number of hydrogen-bond acceptors (Lipinski definition) is 2. The monoisotopic (exact) mass is 485 g/mol. The van der Waals surface area contributed by atoms with E-state index in [1.807, 2.05) is 0 Å². The van der Waals surface area contributed by atoms with Gasteiger partial charge in [0.2, 0.25) is 0 Å². The first-order chi connectivity index (χ1) is 18.8. The lowest BCUT2D eigenvalue weighted by molar-refractivity contribution is 0.583. The Morgan fingerprint density at radius 3 is 1.95 bits per heavy atom. The largest absolute Gasteiger partial charge is 0.462 e. The standard InChI is InChI=1S/C36H23NO/c1-2-8-24(9-3-1)27-17-16-25-14-15-26-18-19-28(23-33(26)32(25)22-27)37-34-13-7-6-11-30(34)29-10-4-5-12-31(29)36-35(37)20-21-38-36/h1-23H. The van der Waals surface area contributed by atoms with Gasteiger partial charge in [-0.15, -0.1) is 0 Å². The van der Waals surface area contributed by atoms with E-state index >= 15 is 0 Å². The van der Waals surface area contributed by atoms with Crippen LogP contribution in [0, 0.1) is 0 Å². The summed E-state index contributed by atoms with van der Waals surface area (Å²) in [5.74, 6) is 0.890. The zero-order valence-electron chi connectivity index (χ0n) is 20.6. The maximum atomic E-state index is 6.13. The van der Waals surface area contributed by atoms with Crippen molar-refractivity contribution < 1.29 is 4.42 Å². The summed E-state index contributed by atoms with van der Waals surface area (Å²) in [6.07, 6.45) is 1.80. The van der Waals surface area contributed by atoms with Crippen molar-refractivity contribution in [2.75, 3.05) is 4.90 Å². The Morgan fingerprint density at radius 2 is 1.11 bits per heavy atom. The lowest BCUT2D eigenvalue weighted by Crippen LogP contribution is -2.09. The van der Waals surface area contributed by atoms with Crippen molar-refractivity contribution in [3.05, 3.63) is 140 Å². The van der Waals surface area contributed by atoms with Crippen LogP contribution in [-0.2, 0) is 0 Å². The molecule has 38 heavy (non-hydrogen) atoms. The highest BCUT2D eigenvalue weighted by Crippen LogP contribution is 2.51. The SMILES string of the molecule is c1ccc(-c2ccc3ccc4ccc(N5c6ccccc6-c6ccccc6-c6occc65)cc4c3c2)cc1. The third-order valence-corrected chi connectivity index (χ3v) is 7.68. The highest BCUT2D eigenvalue weighted by molar-refractivity contribution is 6.11. The molecule has 1 aliphatic heterocycles. The van der Waals surface area contributed by atoms with Crippen LogP contribution in [0.1, 0.15) is 0 Å². The molecule has 1 aromatic heterocycles. The average molecular weight is 486 g/mol. The summed E-state index contributed by atoms with van der Waals surface area (Å²) in [5, 5.41) is 4.96. The fourth-order valence-electron chi connectivity index (χ4n) is 5.89. The summed E-state index contributed by atoms with van der Waals surface area (Å²) >= 11 is 0. The van der Waals surface area contributed by atoms with Crippen molar-refractivity contribution in [2.24, 2.45) is 0 Å². The summed E-state index contributed by atoms with van der Waals surface area (Å²) in [7, 11) is 0. The Kier molecular flexibility index (Phi) is 4.55. The van der Waals surface area contributed by atoms with E-state index in [0.29, 0.717) is 0 Å². The first-order valence-corrected chi connectivity index (χ1v) is 12.9. The molecule has 0 fully saturated rings. The quantitative estimate of drug-likeness (QED) is 0.226. The first-order valence-electron chi connectivity index (χ1n) is 12.9. The minimum absolute atomic E-state index is 0.890. The van der Waals surface area contributed by atoms with Gasteiger partial charge >= 0.3 is 0 Å². The maximum Gasteiger partial charge on any atom is 0.158 e. The normalized spacial score (nSPS) is 12.2. The maximum absolute atomic E-state index is 6.13. The number of fused-ring (bicyclic) bond motifs is 8. The van der Waals surface area contributed by atoms with E-state index in [1.165, 1.54) is 43.8 Å². The molecule has 0 amide bonds. The molecule has 0 N–H and O–H groups in total. The highest BCUT2D eigenvalue weighted by atomic mass is 16.3. The number of rotatable bonds is 2. The minimum atomic E-state index is 0.890. The Hall–Kier alpha value is -5.08. The Bertz CT molecular complexity index is 1980. The molecule has 6 aromatic carbocycles. The molecule has 2 heteroatoms. The molecule has 0 radical (unpaired) electrons. The number of hydrogen-bond donors (Lipinski definition) is 0. The summed E-state index contributed by atoms with van der Waals surface area (Å²) in [5.41, 5.74) is 9.24. The van der Waals surface area contributed by atoms with Gasteiger partial charge in [0.05, 0.1) is 17.6 Å². The molecular formula is C36H23NO. The number of nitrogens with zero attached hydrogens (tertiary/aromatic N) is 1. The molecule has 0 unspecified atom stereocenters. The van der Waals surface area contributed by atoms with Crippen LogP contribution in [0.4, 0.5) is 17.1 Å². The van der Waals surface area contributed by atoms with Gasteiger partial charge in [-0.05, 0) is 62.5 Å². The molecule has 178 valence electrons. The number of anilines is 3. The fraction of sp³-hybridized carbons (Fsp3) is 0. The van der Waals surface area contributed by atoms with E-state index < -0.39 is 0 Å². The van der Waals surface area contributed by atoms with Crippen molar-refractivity contribution in [1.29, 1.82) is 0 Å². The van der Waals surface area contributed by atoms with Gasteiger partial charge in [-0.1, -0.05) is 103 Å². The Labute approximate surface area is 221 Å². The van der Waals surface area contributed by atoms with E-state index in [9.17, 15) is 0 Å². The molecule has 2 heterocycles. The van der Waals surface area contributed by atoms with Gasteiger partial charge in [-0.25, -0.2) is 0 Å². The summed E-state index contributed by atoms with van der Waals surface area (Å²) in [6.45, 7) is 0. The molecule has 0 atom stereocenters. The second-order valence-corrected chi connectivity index (χ2v) is 9.81. The fourth-order valence-corrected chi connectivity index (χ4v) is 5.89. The zero-order valence-corrected chi connectivity index (χ0v) is 20.6. The van der Waals surface area contributed by atoms with E-state index in [1.54, 1.807) is 6.26 Å². The van der Waals surface area contributed by atoms with Crippen LogP contribution >= 0.6 is 0 Å². The summed E-state index contributed by atoms with van der Waals surface area (Å²) < 4.78 is 6.13. The van der Waals surface area contributed by atoms with Crippen LogP contribution in [0.15, 0.2) is 144 Å². The predicted octanol–water partition coefficient (Wildman–Crippen LogP) is 10.4. The molecule has 7 aromatic rings. The molecular weight excluding hydrogens is 462 g/mol. The Balaban J connectivity index is 1.39. The summed E-state index contributed by atoms with van der Waals surface area (Å²) in [4.78, 5) is 2.34. The molecule has 0 aliphatic carbocycles. The zero-order chi connectivity index (χ0) is 25.1. The van der Waals surface area contributed by atoms with Gasteiger partial charge in [0.1, 0.15) is 0 Å². The second kappa shape index (κ2) is 8.22. The lowest BCUT2D eigenvalue weighted by Gasteiger charge is -2.25. The van der Waals surface area contributed by atoms with E-state index in [2.05, 4.69) is 138 Å². The van der Waals surface area contributed by atoms with E-state index in [4.69, 9.17) is 4.42 Å². The molecule has 0 spiro atoms. The van der Waals surface area contributed by atoms with Crippen LogP contribution < -0.4 is 4.90 Å². The minimum Gasteiger partial charge on any atom is -0.462 e. The van der Waals surface area contributed by atoms with E-state index in [0.717, 1.165) is 28.4 Å². The van der Waals surface area contributed by atoms with Crippen LogP contribution in [0.5, 0.6) is 0 Å². The molecule has 8 rings (SSSR count). The van der Waals surface area contributed by atoms with Crippen LogP contribution in [0.3, 0.4) is 0 Å². The smallest absolute Gasteiger partial charge is 0.158 e. The second-order valence-electron chi connectivity index (χ2n) is 9.81. The van der Waals surface area contributed by atoms with Crippen molar-refractivity contribution in [3.8, 4) is 33.6 Å². The Morgan fingerprint density at radius 1 is 0.447 bits per heavy atom. The molecule has 1 aliphatic rings. The third-order valence-electron chi connectivity index (χ3n) is 7.68. The number of para-hydroxylation sites is 1. The first kappa shape index (κ1) is 21.0. The van der Waals surface area contributed by atoms with Crippen molar-refractivity contribution in [2.45, 2.75) is 0 Å². The van der Waals surface area contributed by atoms with E-state index in [-0.39, 0.29) is 0 Å². The molecule has 0 bridgehead atoms. The van der Waals surface area contributed by atoms with Gasteiger partial charge in [-0.3, -0.25) is 0 Å². The molecule has 0 saturated heterocycles. The van der Waals surface area contributed by atoms with Crippen LogP contribution in [0.25, 0.3) is 55.1 Å². The topological polar surface area (TPSA) is 16.4 Å². The number of benzene rings is 6. The average Bonchev–Trinajstić information content (AvgIpc) is 3.43. The van der Waals surface area contributed by atoms with Gasteiger partial charge in [-0.2, -0.15) is 0 Å².